The summed E-state index contributed by atoms with van der Waals surface area (Å²) in [5, 5.41) is 1.35. The molecule has 30 heavy (non-hydrogen) atoms. The standard InChI is InChI=1S/C23H22ClFN2O3/c1-30-20(29)11-5-10-19(28)27-13-12-15-14-6-2-3-9-18(14)26-22(15)23(27)21-16(24)7-4-8-17(21)25/h2-4,6-9,23,26H,5,10-13H2,1H3. The quantitative estimate of drug-likeness (QED) is 0.595. The van der Waals surface area contributed by atoms with Crippen molar-refractivity contribution in [2.24, 2.45) is 0 Å². The van der Waals surface area contributed by atoms with E-state index in [9.17, 15) is 14.0 Å². The van der Waals surface area contributed by atoms with Crippen molar-refractivity contribution in [1.82, 2.24) is 9.88 Å². The van der Waals surface area contributed by atoms with Crippen LogP contribution in [0.4, 0.5) is 4.39 Å². The van der Waals surface area contributed by atoms with Crippen molar-refractivity contribution >= 4 is 34.4 Å². The third-order valence-electron chi connectivity index (χ3n) is 5.63. The molecule has 0 radical (unpaired) electrons. The van der Waals surface area contributed by atoms with E-state index in [1.54, 1.807) is 17.0 Å². The molecule has 1 aliphatic heterocycles. The van der Waals surface area contributed by atoms with Crippen LogP contribution >= 0.6 is 11.6 Å². The van der Waals surface area contributed by atoms with Crippen LogP contribution in [0, 0.1) is 5.82 Å². The fourth-order valence-electron chi connectivity index (χ4n) is 4.21. The molecule has 0 bridgehead atoms. The number of para-hydroxylation sites is 1. The molecule has 4 rings (SSSR count). The van der Waals surface area contributed by atoms with Crippen LogP contribution in [0.25, 0.3) is 10.9 Å². The van der Waals surface area contributed by atoms with Gasteiger partial charge in [0.15, 0.2) is 0 Å². The van der Waals surface area contributed by atoms with E-state index in [2.05, 4.69) is 9.72 Å². The van der Waals surface area contributed by atoms with Crippen molar-refractivity contribution in [3.05, 3.63) is 70.1 Å². The van der Waals surface area contributed by atoms with Crippen molar-refractivity contribution in [1.29, 1.82) is 0 Å². The zero-order chi connectivity index (χ0) is 21.3. The minimum atomic E-state index is -0.652. The van der Waals surface area contributed by atoms with E-state index < -0.39 is 11.9 Å². The number of aromatic nitrogens is 1. The van der Waals surface area contributed by atoms with E-state index in [1.807, 2.05) is 24.3 Å². The van der Waals surface area contributed by atoms with Crippen molar-refractivity contribution in [2.45, 2.75) is 31.7 Å². The minimum absolute atomic E-state index is 0.146. The van der Waals surface area contributed by atoms with E-state index in [4.69, 9.17) is 11.6 Å². The summed E-state index contributed by atoms with van der Waals surface area (Å²) in [5.74, 6) is -0.952. The van der Waals surface area contributed by atoms with Gasteiger partial charge in [-0.3, -0.25) is 9.59 Å². The number of esters is 1. The molecule has 1 unspecified atom stereocenters. The van der Waals surface area contributed by atoms with Gasteiger partial charge in [0, 0.05) is 46.6 Å². The number of hydrogen-bond donors (Lipinski definition) is 1. The molecule has 1 N–H and O–H groups in total. The number of aromatic amines is 1. The molecule has 5 nitrogen and oxygen atoms in total. The molecule has 2 aromatic carbocycles. The first kappa shape index (κ1) is 20.4. The fraction of sp³-hybridized carbons (Fsp3) is 0.304. The molecule has 0 aliphatic carbocycles. The van der Waals surface area contributed by atoms with Crippen molar-refractivity contribution < 1.29 is 18.7 Å². The normalized spacial score (nSPS) is 15.8. The number of halogens is 2. The number of carbonyl (C=O) groups excluding carboxylic acids is 2. The first-order valence-electron chi connectivity index (χ1n) is 9.91. The SMILES string of the molecule is COC(=O)CCCC(=O)N1CCc2c([nH]c3ccccc23)C1c1c(F)cccc1Cl. The summed E-state index contributed by atoms with van der Waals surface area (Å²) in [5.41, 5.74) is 3.09. The van der Waals surface area contributed by atoms with Crippen LogP contribution in [-0.2, 0) is 20.7 Å². The molecular weight excluding hydrogens is 407 g/mol. The largest absolute Gasteiger partial charge is 0.469 e. The molecule has 156 valence electrons. The van der Waals surface area contributed by atoms with E-state index in [-0.39, 0.29) is 35.3 Å². The molecule has 0 saturated carbocycles. The highest BCUT2D eigenvalue weighted by atomic mass is 35.5. The predicted octanol–water partition coefficient (Wildman–Crippen LogP) is 4.78. The number of methoxy groups -OCH3 is 1. The first-order chi connectivity index (χ1) is 14.5. The molecule has 0 saturated heterocycles. The van der Waals surface area contributed by atoms with Crippen molar-refractivity contribution in [3.63, 3.8) is 0 Å². The van der Waals surface area contributed by atoms with E-state index in [0.29, 0.717) is 19.4 Å². The van der Waals surface area contributed by atoms with Gasteiger partial charge < -0.3 is 14.6 Å². The lowest BCUT2D eigenvalue weighted by molar-refractivity contribution is -0.141. The smallest absolute Gasteiger partial charge is 0.305 e. The number of rotatable bonds is 5. The van der Waals surface area contributed by atoms with E-state index >= 15 is 0 Å². The number of nitrogens with one attached hydrogen (secondary N) is 1. The molecule has 1 amide bonds. The highest BCUT2D eigenvalue weighted by Gasteiger charge is 2.36. The van der Waals surface area contributed by atoms with Gasteiger partial charge in [-0.05, 0) is 36.6 Å². The molecule has 2 heterocycles. The number of amides is 1. The number of fused-ring (bicyclic) bond motifs is 3. The molecule has 1 aliphatic rings. The third-order valence-corrected chi connectivity index (χ3v) is 5.96. The summed E-state index contributed by atoms with van der Waals surface area (Å²) in [6.45, 7) is 0.446. The zero-order valence-corrected chi connectivity index (χ0v) is 17.3. The third kappa shape index (κ3) is 3.67. The molecule has 1 atom stereocenters. The number of benzene rings is 2. The van der Waals surface area contributed by atoms with Crippen molar-refractivity contribution in [3.8, 4) is 0 Å². The average molecular weight is 429 g/mol. The lowest BCUT2D eigenvalue weighted by atomic mass is 9.91. The Bertz CT molecular complexity index is 1090. The number of H-pyrrole nitrogens is 1. The van der Waals surface area contributed by atoms with Gasteiger partial charge >= 0.3 is 5.97 Å². The predicted molar refractivity (Wildman–Crippen MR) is 113 cm³/mol. The topological polar surface area (TPSA) is 62.4 Å². The highest BCUT2D eigenvalue weighted by molar-refractivity contribution is 6.31. The minimum Gasteiger partial charge on any atom is -0.469 e. The summed E-state index contributed by atoms with van der Waals surface area (Å²) in [6, 6.07) is 11.8. The van der Waals surface area contributed by atoms with Crippen LogP contribution in [0.15, 0.2) is 42.5 Å². The molecule has 0 fully saturated rings. The maximum Gasteiger partial charge on any atom is 0.305 e. The molecule has 7 heteroatoms. The van der Waals surface area contributed by atoms with Gasteiger partial charge in [-0.1, -0.05) is 35.9 Å². The van der Waals surface area contributed by atoms with Crippen LogP contribution < -0.4 is 0 Å². The Balaban J connectivity index is 1.75. The Morgan fingerprint density at radius 2 is 2.00 bits per heavy atom. The van der Waals surface area contributed by atoms with Crippen LogP contribution in [0.5, 0.6) is 0 Å². The van der Waals surface area contributed by atoms with E-state index in [0.717, 1.165) is 22.2 Å². The summed E-state index contributed by atoms with van der Waals surface area (Å²) in [7, 11) is 1.32. The van der Waals surface area contributed by atoms with Crippen LogP contribution in [0.2, 0.25) is 5.02 Å². The monoisotopic (exact) mass is 428 g/mol. The summed E-state index contributed by atoms with van der Waals surface area (Å²) in [4.78, 5) is 29.5. The lowest BCUT2D eigenvalue weighted by Gasteiger charge is -2.37. The zero-order valence-electron chi connectivity index (χ0n) is 16.6. The summed E-state index contributed by atoms with van der Waals surface area (Å²) >= 11 is 6.41. The van der Waals surface area contributed by atoms with Gasteiger partial charge in [0.05, 0.1) is 7.11 Å². The Hall–Kier alpha value is -2.86. The number of hydrogen-bond acceptors (Lipinski definition) is 3. The molecular formula is C23H22ClFN2O3. The Morgan fingerprint density at radius 1 is 1.20 bits per heavy atom. The van der Waals surface area contributed by atoms with Gasteiger partial charge in [0.1, 0.15) is 11.9 Å². The summed E-state index contributed by atoms with van der Waals surface area (Å²) < 4.78 is 19.6. The summed E-state index contributed by atoms with van der Waals surface area (Å²) in [6.07, 6.45) is 1.37. The van der Waals surface area contributed by atoms with Crippen LogP contribution in [0.3, 0.4) is 0 Å². The van der Waals surface area contributed by atoms with Gasteiger partial charge in [0.25, 0.3) is 0 Å². The first-order valence-corrected chi connectivity index (χ1v) is 10.3. The Kier molecular flexibility index (Phi) is 5.77. The maximum absolute atomic E-state index is 14.9. The van der Waals surface area contributed by atoms with Gasteiger partial charge in [-0.15, -0.1) is 0 Å². The second-order valence-corrected chi connectivity index (χ2v) is 7.77. The molecule has 3 aromatic rings. The van der Waals surface area contributed by atoms with Gasteiger partial charge in [0.2, 0.25) is 5.91 Å². The maximum atomic E-state index is 14.9. The number of ether oxygens (including phenoxy) is 1. The van der Waals surface area contributed by atoms with Gasteiger partial charge in [-0.25, -0.2) is 4.39 Å². The lowest BCUT2D eigenvalue weighted by Crippen LogP contribution is -2.41. The Labute approximate surface area is 178 Å². The molecule has 0 spiro atoms. The van der Waals surface area contributed by atoms with Crippen LogP contribution in [0.1, 0.15) is 42.1 Å². The Morgan fingerprint density at radius 3 is 2.77 bits per heavy atom. The van der Waals surface area contributed by atoms with Crippen molar-refractivity contribution in [2.75, 3.05) is 13.7 Å². The fourth-order valence-corrected chi connectivity index (χ4v) is 4.48. The van der Waals surface area contributed by atoms with E-state index in [1.165, 1.54) is 13.2 Å². The average Bonchev–Trinajstić information content (AvgIpc) is 3.12. The number of carbonyl (C=O) groups is 2. The second kappa shape index (κ2) is 8.48. The van der Waals surface area contributed by atoms with Crippen LogP contribution in [-0.4, -0.2) is 35.4 Å². The number of nitrogens with zero attached hydrogens (tertiary/aromatic N) is 1. The highest BCUT2D eigenvalue weighted by Crippen LogP contribution is 2.41. The molecule has 1 aromatic heterocycles. The van der Waals surface area contributed by atoms with Gasteiger partial charge in [-0.2, -0.15) is 0 Å². The second-order valence-electron chi connectivity index (χ2n) is 7.37.